The lowest BCUT2D eigenvalue weighted by molar-refractivity contribution is 0.0525. The molecule has 0 saturated heterocycles. The van der Waals surface area contributed by atoms with Crippen LogP contribution < -0.4 is 11.2 Å². The van der Waals surface area contributed by atoms with Gasteiger partial charge in [-0.1, -0.05) is 0 Å². The van der Waals surface area contributed by atoms with Gasteiger partial charge in [0, 0.05) is 5.56 Å². The van der Waals surface area contributed by atoms with Crippen molar-refractivity contribution in [1.82, 2.24) is 5.43 Å². The number of rotatable bonds is 7. The number of benzene rings is 1. The number of ether oxygens (including phenoxy) is 2. The molecule has 1 heterocycles. The number of carbonyl (C=O) groups excluding carboxylic acids is 2. The van der Waals surface area contributed by atoms with Crippen molar-refractivity contribution in [3.05, 3.63) is 47.2 Å². The zero-order chi connectivity index (χ0) is 19.8. The van der Waals surface area contributed by atoms with E-state index in [1.807, 2.05) is 0 Å². The Kier molecular flexibility index (Phi) is 7.07. The average Bonchev–Trinajstić information content (AvgIpc) is 3.10. The van der Waals surface area contributed by atoms with Crippen LogP contribution in [0.4, 0.5) is 0 Å². The highest BCUT2D eigenvalue weighted by Gasteiger charge is 2.16. The Balaban J connectivity index is 2.38. The largest absolute Gasteiger partial charge is 0.462 e. The molecule has 0 aliphatic rings. The fourth-order valence-corrected chi connectivity index (χ4v) is 2.22. The van der Waals surface area contributed by atoms with Crippen molar-refractivity contribution >= 4 is 35.5 Å². The number of nitrogens with zero attached hydrogens (tertiary/aromatic N) is 1. The molecule has 0 amide bonds. The second-order valence-electron chi connectivity index (χ2n) is 5.18. The number of thiocarbonyl (C=S) groups is 1. The molecular formula is C18H19N3O5S. The molecule has 2 aromatic rings. The molecule has 1 aromatic heterocycles. The fourth-order valence-electron chi connectivity index (χ4n) is 2.17. The third-order valence-corrected chi connectivity index (χ3v) is 3.32. The van der Waals surface area contributed by atoms with Gasteiger partial charge in [0.05, 0.1) is 30.6 Å². The van der Waals surface area contributed by atoms with E-state index in [1.165, 1.54) is 12.3 Å². The average molecular weight is 389 g/mol. The van der Waals surface area contributed by atoms with Crippen LogP contribution in [0.5, 0.6) is 0 Å². The van der Waals surface area contributed by atoms with E-state index in [4.69, 9.17) is 19.6 Å². The van der Waals surface area contributed by atoms with Gasteiger partial charge in [0.25, 0.3) is 0 Å². The highest BCUT2D eigenvalue weighted by atomic mass is 32.1. The van der Waals surface area contributed by atoms with Crippen LogP contribution in [-0.2, 0) is 9.47 Å². The number of esters is 2. The molecule has 0 radical (unpaired) electrons. The smallest absolute Gasteiger partial charge is 0.338 e. The summed E-state index contributed by atoms with van der Waals surface area (Å²) in [7, 11) is 0. The van der Waals surface area contributed by atoms with Crippen LogP contribution in [0.2, 0.25) is 0 Å². The lowest BCUT2D eigenvalue weighted by Crippen LogP contribution is -2.23. The van der Waals surface area contributed by atoms with Crippen molar-refractivity contribution in [1.29, 1.82) is 0 Å². The van der Waals surface area contributed by atoms with E-state index in [0.717, 1.165) is 0 Å². The molecule has 0 saturated carbocycles. The molecule has 0 atom stereocenters. The first kappa shape index (κ1) is 20.1. The summed E-state index contributed by atoms with van der Waals surface area (Å²) in [5.74, 6) is -0.228. The van der Waals surface area contributed by atoms with Crippen molar-refractivity contribution in [2.45, 2.75) is 13.8 Å². The molecule has 0 spiro atoms. The maximum atomic E-state index is 12.1. The Morgan fingerprint density at radius 3 is 2.26 bits per heavy atom. The van der Waals surface area contributed by atoms with Gasteiger partial charge in [-0.15, -0.1) is 0 Å². The van der Waals surface area contributed by atoms with Crippen molar-refractivity contribution in [2.24, 2.45) is 10.8 Å². The molecule has 9 heteroatoms. The molecule has 27 heavy (non-hydrogen) atoms. The predicted molar refractivity (Wildman–Crippen MR) is 104 cm³/mol. The number of hydrogen-bond donors (Lipinski definition) is 2. The van der Waals surface area contributed by atoms with Crippen LogP contribution in [-0.4, -0.2) is 36.5 Å². The maximum absolute atomic E-state index is 12.1. The van der Waals surface area contributed by atoms with Gasteiger partial charge in [0.15, 0.2) is 5.11 Å². The Labute approximate surface area is 161 Å². The summed E-state index contributed by atoms with van der Waals surface area (Å²) >= 11 is 4.65. The van der Waals surface area contributed by atoms with Crippen LogP contribution in [0.1, 0.15) is 40.3 Å². The zero-order valence-electron chi connectivity index (χ0n) is 14.9. The fraction of sp³-hybridized carbons (Fsp3) is 0.222. The quantitative estimate of drug-likeness (QED) is 0.321. The van der Waals surface area contributed by atoms with Gasteiger partial charge in [0.2, 0.25) is 0 Å². The summed E-state index contributed by atoms with van der Waals surface area (Å²) in [5, 5.41) is 3.83. The Hall–Kier alpha value is -3.20. The van der Waals surface area contributed by atoms with Gasteiger partial charge >= 0.3 is 11.9 Å². The van der Waals surface area contributed by atoms with Gasteiger partial charge in [-0.25, -0.2) is 9.59 Å². The molecule has 1 aromatic carbocycles. The number of carbonyl (C=O) groups is 2. The zero-order valence-corrected chi connectivity index (χ0v) is 15.7. The van der Waals surface area contributed by atoms with Crippen molar-refractivity contribution in [2.75, 3.05) is 13.2 Å². The number of nitrogens with one attached hydrogen (secondary N) is 1. The van der Waals surface area contributed by atoms with Gasteiger partial charge < -0.3 is 19.6 Å². The first-order chi connectivity index (χ1) is 12.9. The van der Waals surface area contributed by atoms with E-state index in [0.29, 0.717) is 17.1 Å². The third-order valence-electron chi connectivity index (χ3n) is 3.23. The minimum absolute atomic E-state index is 0.0271. The first-order valence-corrected chi connectivity index (χ1v) is 8.53. The molecule has 0 unspecified atom stereocenters. The minimum Gasteiger partial charge on any atom is -0.462 e. The van der Waals surface area contributed by atoms with E-state index in [1.54, 1.807) is 38.1 Å². The van der Waals surface area contributed by atoms with Crippen LogP contribution >= 0.6 is 12.2 Å². The van der Waals surface area contributed by atoms with Crippen molar-refractivity contribution < 1.29 is 23.5 Å². The van der Waals surface area contributed by atoms with Crippen LogP contribution in [0, 0.1) is 0 Å². The maximum Gasteiger partial charge on any atom is 0.338 e. The number of furan rings is 1. The second-order valence-corrected chi connectivity index (χ2v) is 5.62. The molecule has 8 nitrogen and oxygen atoms in total. The number of hydrazone groups is 1. The van der Waals surface area contributed by atoms with Gasteiger partial charge in [-0.3, -0.25) is 5.43 Å². The molecular weight excluding hydrogens is 370 g/mol. The highest BCUT2D eigenvalue weighted by Crippen LogP contribution is 2.25. The third kappa shape index (κ3) is 5.65. The summed E-state index contributed by atoms with van der Waals surface area (Å²) in [4.78, 5) is 24.2. The first-order valence-electron chi connectivity index (χ1n) is 8.12. The second kappa shape index (κ2) is 9.48. The van der Waals surface area contributed by atoms with Gasteiger partial charge in [0.1, 0.15) is 11.5 Å². The van der Waals surface area contributed by atoms with Gasteiger partial charge in [-0.05, 0) is 56.4 Å². The number of hydrogen-bond acceptors (Lipinski definition) is 7. The molecule has 0 fully saturated rings. The monoisotopic (exact) mass is 389 g/mol. The van der Waals surface area contributed by atoms with Crippen LogP contribution in [0.25, 0.3) is 11.3 Å². The van der Waals surface area contributed by atoms with Crippen LogP contribution in [0.3, 0.4) is 0 Å². The standard InChI is InChI=1S/C18H19N3O5S/c1-3-24-16(22)12-7-11(8-13(9-12)17(23)25-4-2)15-6-5-14(26-15)10-20-21-18(19)27/h5-10H,3-4H2,1-2H3,(H3,19,21,27). The lowest BCUT2D eigenvalue weighted by Gasteiger charge is -2.08. The minimum atomic E-state index is -0.543. The topological polar surface area (TPSA) is 116 Å². The van der Waals surface area contributed by atoms with E-state index in [2.05, 4.69) is 22.7 Å². The Morgan fingerprint density at radius 2 is 1.74 bits per heavy atom. The summed E-state index contributed by atoms with van der Waals surface area (Å²) < 4.78 is 15.7. The molecule has 3 N–H and O–H groups in total. The van der Waals surface area contributed by atoms with Gasteiger partial charge in [-0.2, -0.15) is 5.10 Å². The summed E-state index contributed by atoms with van der Waals surface area (Å²) in [6.45, 7) is 3.84. The van der Waals surface area contributed by atoms with Crippen molar-refractivity contribution in [3.63, 3.8) is 0 Å². The lowest BCUT2D eigenvalue weighted by atomic mass is 10.0. The summed E-state index contributed by atoms with van der Waals surface area (Å²) in [6, 6.07) is 7.93. The molecule has 142 valence electrons. The van der Waals surface area contributed by atoms with Crippen LogP contribution in [0.15, 0.2) is 39.9 Å². The molecule has 0 bridgehead atoms. The summed E-state index contributed by atoms with van der Waals surface area (Å²) in [5.41, 5.74) is 8.66. The Morgan fingerprint density at radius 1 is 1.15 bits per heavy atom. The van der Waals surface area contributed by atoms with E-state index in [9.17, 15) is 9.59 Å². The molecule has 0 aliphatic heterocycles. The summed E-state index contributed by atoms with van der Waals surface area (Å²) in [6.07, 6.45) is 1.39. The highest BCUT2D eigenvalue weighted by molar-refractivity contribution is 7.80. The van der Waals surface area contributed by atoms with E-state index in [-0.39, 0.29) is 29.5 Å². The molecule has 0 aliphatic carbocycles. The normalized spacial score (nSPS) is 10.6. The van der Waals surface area contributed by atoms with E-state index < -0.39 is 11.9 Å². The van der Waals surface area contributed by atoms with E-state index >= 15 is 0 Å². The molecule has 2 rings (SSSR count). The van der Waals surface area contributed by atoms with Crippen molar-refractivity contribution in [3.8, 4) is 11.3 Å². The Bertz CT molecular complexity index is 839. The number of nitrogens with two attached hydrogens (primary N) is 1. The SMILES string of the molecule is CCOC(=O)c1cc(C(=O)OCC)cc(-c2ccc(C=NNC(N)=S)o2)c1. The predicted octanol–water partition coefficient (Wildman–Crippen LogP) is 2.47.